The molecule has 1 aliphatic heterocycles. The van der Waals surface area contributed by atoms with Crippen LogP contribution in [0.25, 0.3) is 0 Å². The third-order valence-corrected chi connectivity index (χ3v) is 3.37. The Kier molecular flexibility index (Phi) is 5.22. The highest BCUT2D eigenvalue weighted by Gasteiger charge is 2.27. The number of hydrogen-bond acceptors (Lipinski definition) is 3. The summed E-state index contributed by atoms with van der Waals surface area (Å²) in [6.07, 6.45) is 4.49. The van der Waals surface area contributed by atoms with Crippen LogP contribution in [-0.2, 0) is 4.74 Å². The van der Waals surface area contributed by atoms with Crippen LogP contribution in [0, 0.1) is 11.8 Å². The van der Waals surface area contributed by atoms with Crippen molar-refractivity contribution >= 4 is 0 Å². The van der Waals surface area contributed by atoms with Crippen LogP contribution in [0.4, 0.5) is 0 Å². The number of ether oxygens (including phenoxy) is 1. The Balaban J connectivity index is 2.13. The number of aliphatic hydroxyl groups is 2. The van der Waals surface area contributed by atoms with Gasteiger partial charge in [0.1, 0.15) is 0 Å². The van der Waals surface area contributed by atoms with Crippen LogP contribution in [0.5, 0.6) is 0 Å². The number of hydrogen-bond donors (Lipinski definition) is 2. The maximum absolute atomic E-state index is 9.60. The van der Waals surface area contributed by atoms with Crippen molar-refractivity contribution in [2.24, 2.45) is 11.8 Å². The lowest BCUT2D eigenvalue weighted by Gasteiger charge is -2.20. The summed E-state index contributed by atoms with van der Waals surface area (Å²) in [5.41, 5.74) is -0.546. The van der Waals surface area contributed by atoms with Gasteiger partial charge in [0.2, 0.25) is 0 Å². The molecule has 0 aliphatic carbocycles. The zero-order valence-electron chi connectivity index (χ0n) is 10.8. The van der Waals surface area contributed by atoms with E-state index >= 15 is 0 Å². The molecule has 3 heteroatoms. The van der Waals surface area contributed by atoms with Crippen molar-refractivity contribution in [3.8, 4) is 0 Å². The molecule has 0 spiro atoms. The first-order chi connectivity index (χ1) is 7.38. The molecule has 1 saturated heterocycles. The second-order valence-electron chi connectivity index (χ2n) is 5.86. The highest BCUT2D eigenvalue weighted by Crippen LogP contribution is 2.28. The third-order valence-electron chi connectivity index (χ3n) is 3.37. The summed E-state index contributed by atoms with van der Waals surface area (Å²) in [5.74, 6) is 0.917. The van der Waals surface area contributed by atoms with Crippen LogP contribution in [0.1, 0.15) is 52.9 Å². The van der Waals surface area contributed by atoms with E-state index in [-0.39, 0.29) is 0 Å². The van der Waals surface area contributed by atoms with E-state index in [9.17, 15) is 10.2 Å². The van der Waals surface area contributed by atoms with Gasteiger partial charge in [0.15, 0.2) is 6.29 Å². The molecule has 1 heterocycles. The van der Waals surface area contributed by atoms with Gasteiger partial charge in [-0.15, -0.1) is 0 Å². The fraction of sp³-hybridized carbons (Fsp3) is 1.00. The SMILES string of the molecule is CC(CCCC(C)(C)O)CC1CCOC1O. The lowest BCUT2D eigenvalue weighted by atomic mass is 9.89. The molecule has 96 valence electrons. The highest BCUT2D eigenvalue weighted by atomic mass is 16.6. The molecule has 3 unspecified atom stereocenters. The minimum atomic E-state index is -0.546. The Morgan fingerprint density at radius 1 is 1.44 bits per heavy atom. The van der Waals surface area contributed by atoms with Crippen LogP contribution in [0.2, 0.25) is 0 Å². The summed E-state index contributed by atoms with van der Waals surface area (Å²) < 4.78 is 5.14. The predicted octanol–water partition coefficient (Wildman–Crippen LogP) is 2.31. The summed E-state index contributed by atoms with van der Waals surface area (Å²) >= 11 is 0. The quantitative estimate of drug-likeness (QED) is 0.736. The normalized spacial score (nSPS) is 28.3. The van der Waals surface area contributed by atoms with E-state index in [4.69, 9.17) is 4.74 Å². The molecule has 1 rings (SSSR count). The average Bonchev–Trinajstić information content (AvgIpc) is 2.49. The molecule has 1 aliphatic rings. The Morgan fingerprint density at radius 3 is 2.62 bits per heavy atom. The lowest BCUT2D eigenvalue weighted by Crippen LogP contribution is -2.19. The fourth-order valence-electron chi connectivity index (χ4n) is 2.37. The summed E-state index contributed by atoms with van der Waals surface area (Å²) in [5, 5.41) is 19.1. The Hall–Kier alpha value is -0.120. The summed E-state index contributed by atoms with van der Waals surface area (Å²) in [7, 11) is 0. The lowest BCUT2D eigenvalue weighted by molar-refractivity contribution is -0.0856. The fourth-order valence-corrected chi connectivity index (χ4v) is 2.37. The molecule has 0 aromatic carbocycles. The molecular weight excluding hydrogens is 204 g/mol. The summed E-state index contributed by atoms with van der Waals surface area (Å²) in [6.45, 7) is 6.62. The first kappa shape index (κ1) is 13.9. The van der Waals surface area contributed by atoms with Gasteiger partial charge in [-0.3, -0.25) is 0 Å². The number of rotatable bonds is 6. The highest BCUT2D eigenvalue weighted by molar-refractivity contribution is 4.72. The smallest absolute Gasteiger partial charge is 0.157 e. The van der Waals surface area contributed by atoms with Crippen LogP contribution in [-0.4, -0.2) is 28.7 Å². The average molecular weight is 230 g/mol. The molecule has 0 amide bonds. The van der Waals surface area contributed by atoms with E-state index in [0.29, 0.717) is 18.4 Å². The minimum Gasteiger partial charge on any atom is -0.390 e. The molecule has 0 saturated carbocycles. The van der Waals surface area contributed by atoms with E-state index in [1.165, 1.54) is 0 Å². The van der Waals surface area contributed by atoms with Crippen molar-refractivity contribution in [2.45, 2.75) is 64.8 Å². The monoisotopic (exact) mass is 230 g/mol. The molecule has 0 aromatic heterocycles. The maximum atomic E-state index is 9.60. The van der Waals surface area contributed by atoms with Crippen molar-refractivity contribution in [3.05, 3.63) is 0 Å². The topological polar surface area (TPSA) is 49.7 Å². The Bertz CT molecular complexity index is 198. The van der Waals surface area contributed by atoms with E-state index in [1.54, 1.807) is 0 Å². The van der Waals surface area contributed by atoms with Gasteiger partial charge >= 0.3 is 0 Å². The predicted molar refractivity (Wildman–Crippen MR) is 64.0 cm³/mol. The Labute approximate surface area is 98.8 Å². The van der Waals surface area contributed by atoms with E-state index < -0.39 is 11.9 Å². The second-order valence-corrected chi connectivity index (χ2v) is 5.86. The van der Waals surface area contributed by atoms with Gasteiger partial charge in [0.05, 0.1) is 12.2 Å². The number of aliphatic hydroxyl groups excluding tert-OH is 1. The van der Waals surface area contributed by atoms with Crippen molar-refractivity contribution in [2.75, 3.05) is 6.61 Å². The van der Waals surface area contributed by atoms with Gasteiger partial charge in [0.25, 0.3) is 0 Å². The van der Waals surface area contributed by atoms with Gasteiger partial charge in [-0.05, 0) is 39.0 Å². The largest absolute Gasteiger partial charge is 0.390 e. The molecule has 0 bridgehead atoms. The third kappa shape index (κ3) is 5.28. The van der Waals surface area contributed by atoms with Crippen LogP contribution in [0.15, 0.2) is 0 Å². The van der Waals surface area contributed by atoms with Gasteiger partial charge in [-0.1, -0.05) is 19.8 Å². The van der Waals surface area contributed by atoms with Gasteiger partial charge in [0, 0.05) is 5.92 Å². The van der Waals surface area contributed by atoms with Crippen LogP contribution in [0.3, 0.4) is 0 Å². The molecule has 0 aromatic rings. The van der Waals surface area contributed by atoms with Crippen molar-refractivity contribution in [1.29, 1.82) is 0 Å². The van der Waals surface area contributed by atoms with Gasteiger partial charge in [-0.2, -0.15) is 0 Å². The van der Waals surface area contributed by atoms with Crippen molar-refractivity contribution in [1.82, 2.24) is 0 Å². The molecule has 16 heavy (non-hydrogen) atoms. The zero-order valence-corrected chi connectivity index (χ0v) is 10.8. The van der Waals surface area contributed by atoms with E-state index in [0.717, 1.165) is 32.1 Å². The summed E-state index contributed by atoms with van der Waals surface area (Å²) in [6, 6.07) is 0. The zero-order chi connectivity index (χ0) is 12.2. The summed E-state index contributed by atoms with van der Waals surface area (Å²) in [4.78, 5) is 0. The first-order valence-corrected chi connectivity index (χ1v) is 6.40. The Morgan fingerprint density at radius 2 is 2.12 bits per heavy atom. The van der Waals surface area contributed by atoms with Gasteiger partial charge in [-0.25, -0.2) is 0 Å². The van der Waals surface area contributed by atoms with Crippen LogP contribution >= 0.6 is 0 Å². The first-order valence-electron chi connectivity index (χ1n) is 6.40. The molecule has 3 nitrogen and oxygen atoms in total. The second kappa shape index (κ2) is 5.99. The van der Waals surface area contributed by atoms with Crippen molar-refractivity contribution in [3.63, 3.8) is 0 Å². The molecule has 1 fully saturated rings. The van der Waals surface area contributed by atoms with Crippen molar-refractivity contribution < 1.29 is 14.9 Å². The van der Waals surface area contributed by atoms with E-state index in [2.05, 4.69) is 6.92 Å². The van der Waals surface area contributed by atoms with Gasteiger partial charge < -0.3 is 14.9 Å². The molecule has 3 atom stereocenters. The molecule has 2 N–H and O–H groups in total. The standard InChI is InChI=1S/C13H26O3/c1-10(5-4-7-13(2,3)15)9-11-6-8-16-12(11)14/h10-12,14-15H,4-9H2,1-3H3. The minimum absolute atomic E-state index is 0.317. The molecule has 0 radical (unpaired) electrons. The molecular formula is C13H26O3. The van der Waals surface area contributed by atoms with Crippen LogP contribution < -0.4 is 0 Å². The maximum Gasteiger partial charge on any atom is 0.157 e. The van der Waals surface area contributed by atoms with E-state index in [1.807, 2.05) is 13.8 Å².